The van der Waals surface area contributed by atoms with Gasteiger partial charge in [-0.05, 0) is 35.7 Å². The van der Waals surface area contributed by atoms with Crippen LogP contribution in [0.15, 0.2) is 42.7 Å². The Morgan fingerprint density at radius 2 is 2.00 bits per heavy atom. The van der Waals surface area contributed by atoms with Crippen LogP contribution in [0.1, 0.15) is 34.9 Å². The van der Waals surface area contributed by atoms with Gasteiger partial charge in [-0.2, -0.15) is 0 Å². The number of hydrogen-bond acceptors (Lipinski definition) is 4. The van der Waals surface area contributed by atoms with Gasteiger partial charge in [0.15, 0.2) is 0 Å². The van der Waals surface area contributed by atoms with E-state index in [9.17, 15) is 4.79 Å². The highest BCUT2D eigenvalue weighted by atomic mass is 16.5. The summed E-state index contributed by atoms with van der Waals surface area (Å²) in [4.78, 5) is 15.1. The van der Waals surface area contributed by atoms with Crippen LogP contribution in [0, 0.1) is 0 Å². The van der Waals surface area contributed by atoms with E-state index in [1.165, 1.54) is 0 Å². The highest BCUT2D eigenvalue weighted by molar-refractivity contribution is 6.01. The molecule has 0 aliphatic carbocycles. The van der Waals surface area contributed by atoms with Crippen molar-refractivity contribution in [3.05, 3.63) is 54.1 Å². The molecule has 4 rings (SSSR count). The van der Waals surface area contributed by atoms with Gasteiger partial charge in [0.1, 0.15) is 17.9 Å². The molecule has 1 atom stereocenters. The highest BCUT2D eigenvalue weighted by Crippen LogP contribution is 2.30. The Bertz CT molecular complexity index is 950. The molecular weight excluding hydrogens is 328 g/mol. The first-order chi connectivity index (χ1) is 12.7. The fourth-order valence-electron chi connectivity index (χ4n) is 3.76. The van der Waals surface area contributed by atoms with Crippen LogP contribution < -0.4 is 4.74 Å². The van der Waals surface area contributed by atoms with Gasteiger partial charge < -0.3 is 14.2 Å². The molecule has 134 valence electrons. The first-order valence-electron chi connectivity index (χ1n) is 8.87. The molecule has 0 unspecified atom stereocenters. The van der Waals surface area contributed by atoms with Crippen LogP contribution >= 0.6 is 0 Å². The Balaban J connectivity index is 1.64. The fraction of sp³-hybridized carbons (Fsp3) is 0.350. The van der Waals surface area contributed by atoms with Crippen LogP contribution in [0.4, 0.5) is 0 Å². The molecule has 0 bridgehead atoms. The second-order valence-electron chi connectivity index (χ2n) is 6.79. The van der Waals surface area contributed by atoms with Crippen LogP contribution in [0.5, 0.6) is 5.75 Å². The van der Waals surface area contributed by atoms with Gasteiger partial charge in [-0.25, -0.2) is 0 Å². The zero-order valence-electron chi connectivity index (χ0n) is 15.1. The maximum Gasteiger partial charge on any atom is 0.257 e. The number of benzene rings is 2. The average molecular weight is 350 g/mol. The van der Waals surface area contributed by atoms with E-state index >= 15 is 0 Å². The Morgan fingerprint density at radius 1 is 1.23 bits per heavy atom. The summed E-state index contributed by atoms with van der Waals surface area (Å²) in [5.41, 5.74) is 0.616. The molecule has 1 saturated heterocycles. The summed E-state index contributed by atoms with van der Waals surface area (Å²) >= 11 is 0. The largest absolute Gasteiger partial charge is 0.496 e. The number of ether oxygens (including phenoxy) is 1. The van der Waals surface area contributed by atoms with Crippen molar-refractivity contribution in [3.63, 3.8) is 0 Å². The van der Waals surface area contributed by atoms with Gasteiger partial charge in [-0.1, -0.05) is 24.3 Å². The van der Waals surface area contributed by atoms with Gasteiger partial charge >= 0.3 is 0 Å². The van der Waals surface area contributed by atoms with Gasteiger partial charge in [0.25, 0.3) is 5.91 Å². The number of rotatable bonds is 3. The van der Waals surface area contributed by atoms with Gasteiger partial charge in [-0.3, -0.25) is 4.79 Å². The van der Waals surface area contributed by atoms with Crippen molar-refractivity contribution < 1.29 is 9.53 Å². The smallest absolute Gasteiger partial charge is 0.257 e. The fourth-order valence-corrected chi connectivity index (χ4v) is 3.76. The topological polar surface area (TPSA) is 60.2 Å². The van der Waals surface area contributed by atoms with Crippen molar-refractivity contribution >= 4 is 16.7 Å². The van der Waals surface area contributed by atoms with E-state index in [0.717, 1.165) is 36.0 Å². The van der Waals surface area contributed by atoms with E-state index in [1.54, 1.807) is 13.4 Å². The summed E-state index contributed by atoms with van der Waals surface area (Å²) in [5, 5.41) is 10.3. The molecule has 2 aromatic carbocycles. The Morgan fingerprint density at radius 3 is 2.69 bits per heavy atom. The van der Waals surface area contributed by atoms with E-state index < -0.39 is 0 Å². The lowest BCUT2D eigenvalue weighted by Gasteiger charge is -2.32. The predicted octanol–water partition coefficient (Wildman–Crippen LogP) is 3.00. The Kier molecular flexibility index (Phi) is 4.32. The molecule has 6 nitrogen and oxygen atoms in total. The maximum atomic E-state index is 13.2. The number of carbonyl (C=O) groups excluding carboxylic acids is 1. The highest BCUT2D eigenvalue weighted by Gasteiger charge is 2.29. The maximum absolute atomic E-state index is 13.2. The van der Waals surface area contributed by atoms with Crippen LogP contribution in [-0.2, 0) is 7.05 Å². The summed E-state index contributed by atoms with van der Waals surface area (Å²) in [6, 6.07) is 11.9. The minimum absolute atomic E-state index is 0.0134. The Hall–Kier alpha value is -2.89. The molecule has 3 aromatic rings. The number of likely N-dealkylation sites (tertiary alicyclic amines) is 1. The van der Waals surface area contributed by atoms with Gasteiger partial charge in [0.05, 0.1) is 12.7 Å². The summed E-state index contributed by atoms with van der Waals surface area (Å²) in [6.45, 7) is 1.41. The Labute approximate surface area is 152 Å². The zero-order valence-corrected chi connectivity index (χ0v) is 15.1. The van der Waals surface area contributed by atoms with E-state index in [1.807, 2.05) is 52.9 Å². The van der Waals surface area contributed by atoms with Crippen LogP contribution in [0.2, 0.25) is 0 Å². The molecule has 1 aliphatic heterocycles. The second-order valence-corrected chi connectivity index (χ2v) is 6.79. The number of carbonyl (C=O) groups is 1. The van der Waals surface area contributed by atoms with E-state index in [4.69, 9.17) is 4.74 Å². The number of methoxy groups -OCH3 is 1. The lowest BCUT2D eigenvalue weighted by atomic mass is 9.96. The SMILES string of the molecule is COc1cc2ccccc2cc1C(=O)N1CCC[C@@H](c2nncn2C)C1. The number of amides is 1. The molecule has 1 amide bonds. The van der Waals surface area contributed by atoms with Crippen LogP contribution in [0.3, 0.4) is 0 Å². The van der Waals surface area contributed by atoms with Crippen LogP contribution in [0.25, 0.3) is 10.8 Å². The molecule has 6 heteroatoms. The van der Waals surface area contributed by atoms with E-state index in [0.29, 0.717) is 17.9 Å². The minimum Gasteiger partial charge on any atom is -0.496 e. The predicted molar refractivity (Wildman–Crippen MR) is 99.4 cm³/mol. The van der Waals surface area contributed by atoms with Crippen molar-refractivity contribution in [2.24, 2.45) is 7.05 Å². The lowest BCUT2D eigenvalue weighted by molar-refractivity contribution is 0.0700. The molecule has 26 heavy (non-hydrogen) atoms. The van der Waals surface area contributed by atoms with Gasteiger partial charge in [0, 0.05) is 26.1 Å². The molecule has 0 spiro atoms. The molecule has 1 aliphatic rings. The molecule has 0 saturated carbocycles. The van der Waals surface area contributed by atoms with E-state index in [2.05, 4.69) is 10.2 Å². The summed E-state index contributed by atoms with van der Waals surface area (Å²) in [7, 11) is 3.56. The van der Waals surface area contributed by atoms with Crippen molar-refractivity contribution in [1.82, 2.24) is 19.7 Å². The third-order valence-electron chi connectivity index (χ3n) is 5.12. The number of piperidine rings is 1. The van der Waals surface area contributed by atoms with Crippen molar-refractivity contribution in [2.45, 2.75) is 18.8 Å². The summed E-state index contributed by atoms with van der Waals surface area (Å²) in [5.74, 6) is 1.79. The van der Waals surface area contributed by atoms with Crippen molar-refractivity contribution in [2.75, 3.05) is 20.2 Å². The summed E-state index contributed by atoms with van der Waals surface area (Å²) in [6.07, 6.45) is 3.69. The quantitative estimate of drug-likeness (QED) is 0.729. The number of nitrogens with zero attached hydrogens (tertiary/aromatic N) is 4. The number of aryl methyl sites for hydroxylation is 1. The summed E-state index contributed by atoms with van der Waals surface area (Å²) < 4.78 is 7.45. The molecule has 0 N–H and O–H groups in total. The molecule has 2 heterocycles. The number of hydrogen-bond donors (Lipinski definition) is 0. The zero-order chi connectivity index (χ0) is 18.1. The number of aromatic nitrogens is 3. The first-order valence-corrected chi connectivity index (χ1v) is 8.87. The molecule has 1 aromatic heterocycles. The second kappa shape index (κ2) is 6.78. The van der Waals surface area contributed by atoms with Crippen LogP contribution in [-0.4, -0.2) is 45.8 Å². The normalized spacial score (nSPS) is 17.5. The lowest BCUT2D eigenvalue weighted by Crippen LogP contribution is -2.39. The molecular formula is C20H22N4O2. The van der Waals surface area contributed by atoms with Crippen molar-refractivity contribution in [3.8, 4) is 5.75 Å². The average Bonchev–Trinajstić information content (AvgIpc) is 3.12. The molecule has 1 fully saturated rings. The third-order valence-corrected chi connectivity index (χ3v) is 5.12. The van der Waals surface area contributed by atoms with Crippen molar-refractivity contribution in [1.29, 1.82) is 0 Å². The van der Waals surface area contributed by atoms with Gasteiger partial charge in [0.2, 0.25) is 0 Å². The number of fused-ring (bicyclic) bond motifs is 1. The third kappa shape index (κ3) is 2.92. The molecule has 0 radical (unpaired) electrons. The first kappa shape index (κ1) is 16.6. The monoisotopic (exact) mass is 350 g/mol. The van der Waals surface area contributed by atoms with E-state index in [-0.39, 0.29) is 11.8 Å². The standard InChI is InChI=1S/C20H22N4O2/c1-23-13-21-22-19(23)16-8-5-9-24(12-16)20(25)17-10-14-6-3-4-7-15(14)11-18(17)26-2/h3-4,6-7,10-11,13,16H,5,8-9,12H2,1-2H3/t16-/m1/s1. The minimum atomic E-state index is 0.0134. The van der Waals surface area contributed by atoms with Gasteiger partial charge in [-0.15, -0.1) is 10.2 Å².